The largest absolute Gasteiger partial charge is 0.478 e. The van der Waals surface area contributed by atoms with Gasteiger partial charge in [0.1, 0.15) is 0 Å². The lowest BCUT2D eigenvalue weighted by Crippen LogP contribution is -2.02. The van der Waals surface area contributed by atoms with Crippen LogP contribution in [0.1, 0.15) is 5.69 Å². The number of rotatable bonds is 4. The molecule has 4 nitrogen and oxygen atoms in total. The maximum atomic E-state index is 10.2. The third-order valence-electron chi connectivity index (χ3n) is 1.60. The monoisotopic (exact) mass is 181 g/mol. The molecule has 0 aliphatic rings. The van der Waals surface area contributed by atoms with E-state index in [1.165, 1.54) is 6.08 Å². The van der Waals surface area contributed by atoms with Gasteiger partial charge in [-0.1, -0.05) is 0 Å². The number of carbonyl (C=O) groups is 1. The molecule has 2 N–H and O–H groups in total. The Labute approximate surface area is 75.7 Å². The molecule has 0 saturated carbocycles. The lowest BCUT2D eigenvalue weighted by atomic mass is 10.3. The van der Waals surface area contributed by atoms with E-state index in [4.69, 9.17) is 10.2 Å². The van der Waals surface area contributed by atoms with Gasteiger partial charge in [0.15, 0.2) is 0 Å². The van der Waals surface area contributed by atoms with Crippen LogP contribution in [0, 0.1) is 0 Å². The van der Waals surface area contributed by atoms with E-state index in [1.807, 2.05) is 0 Å². The predicted molar refractivity (Wildman–Crippen MR) is 48.2 cm³/mol. The molecule has 4 heteroatoms. The fourth-order valence-electron chi connectivity index (χ4n) is 1.05. The second-order valence-corrected chi connectivity index (χ2v) is 2.52. The fourth-order valence-corrected chi connectivity index (χ4v) is 1.05. The maximum absolute atomic E-state index is 10.2. The van der Waals surface area contributed by atoms with Gasteiger partial charge in [-0.05, 0) is 18.2 Å². The molecule has 0 radical (unpaired) electrons. The summed E-state index contributed by atoms with van der Waals surface area (Å²) in [4.78, 5) is 10.2. The summed E-state index contributed by atoms with van der Waals surface area (Å²) in [5.41, 5.74) is 0.774. The van der Waals surface area contributed by atoms with Crippen LogP contribution in [-0.4, -0.2) is 27.4 Å². The van der Waals surface area contributed by atoms with E-state index in [9.17, 15) is 4.79 Å². The molecule has 0 spiro atoms. The maximum Gasteiger partial charge on any atom is 0.328 e. The van der Waals surface area contributed by atoms with Crippen LogP contribution in [0.2, 0.25) is 0 Å². The SMILES string of the molecule is O=C(O)C=Cc1cccn1CCO. The zero-order valence-electron chi connectivity index (χ0n) is 7.05. The highest BCUT2D eigenvalue weighted by Crippen LogP contribution is 2.04. The molecule has 0 bridgehead atoms. The van der Waals surface area contributed by atoms with Crippen molar-refractivity contribution in [2.75, 3.05) is 6.61 Å². The second-order valence-electron chi connectivity index (χ2n) is 2.52. The van der Waals surface area contributed by atoms with E-state index in [2.05, 4.69) is 0 Å². The minimum atomic E-state index is -0.975. The number of aliphatic carboxylic acids is 1. The molecule has 0 fully saturated rings. The van der Waals surface area contributed by atoms with Gasteiger partial charge in [0.25, 0.3) is 0 Å². The predicted octanol–water partition coefficient (Wildman–Crippen LogP) is 0.578. The molecule has 0 amide bonds. The molecule has 0 atom stereocenters. The van der Waals surface area contributed by atoms with Crippen LogP contribution in [0.15, 0.2) is 24.4 Å². The van der Waals surface area contributed by atoms with E-state index in [0.717, 1.165) is 11.8 Å². The van der Waals surface area contributed by atoms with Crippen LogP contribution in [0.3, 0.4) is 0 Å². The molecule has 0 unspecified atom stereocenters. The van der Waals surface area contributed by atoms with Gasteiger partial charge in [0.05, 0.1) is 6.61 Å². The first-order valence-electron chi connectivity index (χ1n) is 3.91. The molecule has 1 rings (SSSR count). The van der Waals surface area contributed by atoms with E-state index < -0.39 is 5.97 Å². The highest BCUT2D eigenvalue weighted by molar-refractivity contribution is 5.84. The van der Waals surface area contributed by atoms with Gasteiger partial charge in [-0.2, -0.15) is 0 Å². The van der Waals surface area contributed by atoms with Crippen molar-refractivity contribution in [3.8, 4) is 0 Å². The molecular formula is C9H11NO3. The van der Waals surface area contributed by atoms with Gasteiger partial charge in [-0.15, -0.1) is 0 Å². The van der Waals surface area contributed by atoms with Crippen LogP contribution in [0.25, 0.3) is 6.08 Å². The zero-order chi connectivity index (χ0) is 9.68. The van der Waals surface area contributed by atoms with Crippen molar-refractivity contribution in [2.24, 2.45) is 0 Å². The summed E-state index contributed by atoms with van der Waals surface area (Å²) in [5, 5.41) is 17.1. The van der Waals surface area contributed by atoms with E-state index >= 15 is 0 Å². The molecular weight excluding hydrogens is 170 g/mol. The van der Waals surface area contributed by atoms with Crippen LogP contribution in [0.5, 0.6) is 0 Å². The van der Waals surface area contributed by atoms with Gasteiger partial charge >= 0.3 is 5.97 Å². The number of carboxylic acid groups (broad SMARTS) is 1. The summed E-state index contributed by atoms with van der Waals surface area (Å²) in [6.07, 6.45) is 4.36. The molecule has 1 aromatic rings. The van der Waals surface area contributed by atoms with Crippen LogP contribution in [0.4, 0.5) is 0 Å². The quantitative estimate of drug-likeness (QED) is 0.668. The summed E-state index contributed by atoms with van der Waals surface area (Å²) in [6.45, 7) is 0.523. The van der Waals surface area contributed by atoms with Crippen molar-refractivity contribution in [1.82, 2.24) is 4.57 Å². The zero-order valence-corrected chi connectivity index (χ0v) is 7.05. The topological polar surface area (TPSA) is 62.5 Å². The minimum absolute atomic E-state index is 0.0442. The second kappa shape index (κ2) is 4.47. The molecule has 70 valence electrons. The smallest absolute Gasteiger partial charge is 0.328 e. The normalized spacial score (nSPS) is 10.8. The number of aromatic nitrogens is 1. The molecule has 13 heavy (non-hydrogen) atoms. The van der Waals surface area contributed by atoms with Crippen molar-refractivity contribution in [2.45, 2.75) is 6.54 Å². The molecule has 0 aliphatic carbocycles. The highest BCUT2D eigenvalue weighted by atomic mass is 16.4. The van der Waals surface area contributed by atoms with Gasteiger partial charge in [0, 0.05) is 24.5 Å². The van der Waals surface area contributed by atoms with Crippen LogP contribution in [-0.2, 0) is 11.3 Å². The molecule has 0 aromatic carbocycles. The van der Waals surface area contributed by atoms with Crippen molar-refractivity contribution < 1.29 is 15.0 Å². The Balaban J connectivity index is 2.75. The molecule has 0 aliphatic heterocycles. The Kier molecular flexibility index (Phi) is 3.28. The lowest BCUT2D eigenvalue weighted by molar-refractivity contribution is -0.131. The lowest BCUT2D eigenvalue weighted by Gasteiger charge is -2.01. The van der Waals surface area contributed by atoms with Crippen molar-refractivity contribution in [3.63, 3.8) is 0 Å². The first-order valence-corrected chi connectivity index (χ1v) is 3.91. The van der Waals surface area contributed by atoms with E-state index in [1.54, 1.807) is 22.9 Å². The van der Waals surface area contributed by atoms with Gasteiger partial charge < -0.3 is 14.8 Å². The fraction of sp³-hybridized carbons (Fsp3) is 0.222. The van der Waals surface area contributed by atoms with Crippen molar-refractivity contribution in [1.29, 1.82) is 0 Å². The Morgan fingerprint density at radius 3 is 3.00 bits per heavy atom. The number of aliphatic hydroxyl groups is 1. The summed E-state index contributed by atoms with van der Waals surface area (Å²) in [6, 6.07) is 3.59. The molecule has 0 saturated heterocycles. The summed E-state index contributed by atoms with van der Waals surface area (Å²) in [5.74, 6) is -0.975. The summed E-state index contributed by atoms with van der Waals surface area (Å²) in [7, 11) is 0. The van der Waals surface area contributed by atoms with Crippen molar-refractivity contribution >= 4 is 12.0 Å². The standard InChI is InChI=1S/C9H11NO3/c11-7-6-10-5-1-2-8(10)3-4-9(12)13/h1-5,11H,6-7H2,(H,12,13). The third-order valence-corrected chi connectivity index (χ3v) is 1.60. The van der Waals surface area contributed by atoms with Crippen LogP contribution < -0.4 is 0 Å². The number of hydrogen-bond acceptors (Lipinski definition) is 2. The van der Waals surface area contributed by atoms with Crippen LogP contribution >= 0.6 is 0 Å². The Morgan fingerprint density at radius 1 is 1.62 bits per heavy atom. The molecule has 1 aromatic heterocycles. The first-order chi connectivity index (χ1) is 6.24. The van der Waals surface area contributed by atoms with E-state index in [-0.39, 0.29) is 6.61 Å². The average Bonchev–Trinajstić information content (AvgIpc) is 2.49. The Morgan fingerprint density at radius 2 is 2.38 bits per heavy atom. The highest BCUT2D eigenvalue weighted by Gasteiger charge is 1.96. The minimum Gasteiger partial charge on any atom is -0.478 e. The summed E-state index contributed by atoms with van der Waals surface area (Å²) < 4.78 is 1.78. The average molecular weight is 181 g/mol. The third kappa shape index (κ3) is 2.76. The number of hydrogen-bond donors (Lipinski definition) is 2. The van der Waals surface area contributed by atoms with Crippen molar-refractivity contribution in [3.05, 3.63) is 30.1 Å². The number of aliphatic hydroxyl groups excluding tert-OH is 1. The van der Waals surface area contributed by atoms with E-state index in [0.29, 0.717) is 6.54 Å². The number of carboxylic acids is 1. The summed E-state index contributed by atoms with van der Waals surface area (Å²) >= 11 is 0. The number of nitrogens with zero attached hydrogens (tertiary/aromatic N) is 1. The van der Waals surface area contributed by atoms with Gasteiger partial charge in [0.2, 0.25) is 0 Å². The Hall–Kier alpha value is -1.55. The Bertz CT molecular complexity index is 314. The van der Waals surface area contributed by atoms with Gasteiger partial charge in [-0.3, -0.25) is 0 Å². The molecule has 1 heterocycles. The van der Waals surface area contributed by atoms with Gasteiger partial charge in [-0.25, -0.2) is 4.79 Å². The first kappa shape index (κ1) is 9.54.